The molecule has 118 valence electrons. The van der Waals surface area contributed by atoms with Crippen LogP contribution in [0.2, 0.25) is 0 Å². The first-order valence-electron chi connectivity index (χ1n) is 7.77. The van der Waals surface area contributed by atoms with Crippen LogP contribution in [0.1, 0.15) is 31.2 Å². The molecule has 6 nitrogen and oxygen atoms in total. The smallest absolute Gasteiger partial charge is 0.238 e. The number of rotatable bonds is 6. The molecular formula is C15H27N5O. The lowest BCUT2D eigenvalue weighted by atomic mass is 10.2. The quantitative estimate of drug-likeness (QED) is 0.823. The van der Waals surface area contributed by atoms with Crippen LogP contribution < -0.4 is 10.6 Å². The molecule has 1 amide bonds. The van der Waals surface area contributed by atoms with Crippen molar-refractivity contribution in [1.82, 2.24) is 20.0 Å². The van der Waals surface area contributed by atoms with Crippen molar-refractivity contribution in [1.29, 1.82) is 0 Å². The Hall–Kier alpha value is -1.40. The molecule has 1 unspecified atom stereocenters. The summed E-state index contributed by atoms with van der Waals surface area (Å²) in [4.78, 5) is 14.5. The number of carbonyl (C=O) groups is 1. The van der Waals surface area contributed by atoms with Gasteiger partial charge in [-0.25, -0.2) is 0 Å². The predicted molar refractivity (Wildman–Crippen MR) is 84.5 cm³/mol. The van der Waals surface area contributed by atoms with E-state index in [1.54, 1.807) is 4.68 Å². The molecule has 1 aromatic rings. The Morgan fingerprint density at radius 2 is 2.29 bits per heavy atom. The van der Waals surface area contributed by atoms with Crippen LogP contribution in [0.3, 0.4) is 0 Å². The van der Waals surface area contributed by atoms with E-state index in [1.807, 2.05) is 20.9 Å². The van der Waals surface area contributed by atoms with Crippen LogP contribution in [-0.2, 0) is 11.8 Å². The van der Waals surface area contributed by atoms with E-state index in [4.69, 9.17) is 0 Å². The van der Waals surface area contributed by atoms with Crippen LogP contribution in [0.15, 0.2) is 0 Å². The summed E-state index contributed by atoms with van der Waals surface area (Å²) in [5.74, 6) is 0.0362. The number of hydrogen-bond donors (Lipinski definition) is 2. The Morgan fingerprint density at radius 1 is 1.52 bits per heavy atom. The van der Waals surface area contributed by atoms with Gasteiger partial charge in [0.2, 0.25) is 5.91 Å². The second-order valence-corrected chi connectivity index (χ2v) is 5.84. The van der Waals surface area contributed by atoms with Crippen LogP contribution in [0, 0.1) is 13.8 Å². The largest absolute Gasteiger partial charge is 0.322 e. The standard InChI is InChI=1S/C15H27N5O/c1-5-20(9-13-7-6-8-16-13)10-14(21)17-15-11(2)18-19(4)12(15)3/h13,16H,5-10H2,1-4H3,(H,17,21). The van der Waals surface area contributed by atoms with Crippen LogP contribution in [0.25, 0.3) is 0 Å². The Balaban J connectivity index is 1.90. The van der Waals surface area contributed by atoms with Crippen molar-refractivity contribution in [2.75, 3.05) is 31.5 Å². The van der Waals surface area contributed by atoms with Crippen molar-refractivity contribution >= 4 is 11.6 Å². The summed E-state index contributed by atoms with van der Waals surface area (Å²) in [5.41, 5.74) is 2.70. The number of amides is 1. The Labute approximate surface area is 126 Å². The fourth-order valence-corrected chi connectivity index (χ4v) is 2.87. The van der Waals surface area contributed by atoms with E-state index in [2.05, 4.69) is 27.6 Å². The molecule has 1 atom stereocenters. The van der Waals surface area contributed by atoms with E-state index in [0.29, 0.717) is 12.6 Å². The van der Waals surface area contributed by atoms with E-state index in [0.717, 1.165) is 36.7 Å². The van der Waals surface area contributed by atoms with Gasteiger partial charge in [-0.15, -0.1) is 0 Å². The number of aryl methyl sites for hydroxylation is 2. The van der Waals surface area contributed by atoms with Crippen molar-refractivity contribution in [3.05, 3.63) is 11.4 Å². The molecule has 0 aliphatic carbocycles. The van der Waals surface area contributed by atoms with E-state index in [1.165, 1.54) is 12.8 Å². The summed E-state index contributed by atoms with van der Waals surface area (Å²) < 4.78 is 1.80. The zero-order chi connectivity index (χ0) is 15.4. The van der Waals surface area contributed by atoms with E-state index in [9.17, 15) is 4.79 Å². The van der Waals surface area contributed by atoms with Gasteiger partial charge in [-0.1, -0.05) is 6.92 Å². The molecule has 1 saturated heterocycles. The summed E-state index contributed by atoms with van der Waals surface area (Å²) in [5, 5.41) is 10.8. The first kappa shape index (κ1) is 16.0. The molecule has 0 aromatic carbocycles. The second-order valence-electron chi connectivity index (χ2n) is 5.84. The number of anilines is 1. The molecule has 0 bridgehead atoms. The first-order chi connectivity index (χ1) is 10.0. The summed E-state index contributed by atoms with van der Waals surface area (Å²) in [6, 6.07) is 0.527. The van der Waals surface area contributed by atoms with Gasteiger partial charge < -0.3 is 10.6 Å². The molecule has 21 heavy (non-hydrogen) atoms. The van der Waals surface area contributed by atoms with Crippen LogP contribution >= 0.6 is 0 Å². The van der Waals surface area contributed by atoms with Crippen LogP contribution in [0.5, 0.6) is 0 Å². The van der Waals surface area contributed by atoms with Crippen molar-refractivity contribution in [2.45, 2.75) is 39.7 Å². The molecule has 2 rings (SSSR count). The van der Waals surface area contributed by atoms with Crippen LogP contribution in [-0.4, -0.2) is 52.8 Å². The lowest BCUT2D eigenvalue weighted by Gasteiger charge is -2.23. The van der Waals surface area contributed by atoms with E-state index in [-0.39, 0.29) is 5.91 Å². The van der Waals surface area contributed by atoms with Gasteiger partial charge >= 0.3 is 0 Å². The van der Waals surface area contributed by atoms with Gasteiger partial charge in [-0.3, -0.25) is 14.4 Å². The van der Waals surface area contributed by atoms with E-state index >= 15 is 0 Å². The number of nitrogens with one attached hydrogen (secondary N) is 2. The zero-order valence-corrected chi connectivity index (χ0v) is 13.6. The maximum Gasteiger partial charge on any atom is 0.238 e. The van der Waals surface area contributed by atoms with Crippen molar-refractivity contribution in [3.8, 4) is 0 Å². The molecule has 1 aromatic heterocycles. The first-order valence-corrected chi connectivity index (χ1v) is 7.77. The number of aromatic nitrogens is 2. The van der Waals surface area contributed by atoms with Crippen LogP contribution in [0.4, 0.5) is 5.69 Å². The third-order valence-corrected chi connectivity index (χ3v) is 4.23. The maximum atomic E-state index is 12.3. The molecule has 0 radical (unpaired) electrons. The summed E-state index contributed by atoms with van der Waals surface area (Å²) in [7, 11) is 1.89. The van der Waals surface area contributed by atoms with Gasteiger partial charge in [0.05, 0.1) is 23.6 Å². The van der Waals surface area contributed by atoms with Crippen molar-refractivity contribution in [2.24, 2.45) is 7.05 Å². The average molecular weight is 293 g/mol. The predicted octanol–water partition coefficient (Wildman–Crippen LogP) is 1.05. The Morgan fingerprint density at radius 3 is 2.81 bits per heavy atom. The minimum atomic E-state index is 0.0362. The minimum absolute atomic E-state index is 0.0362. The van der Waals surface area contributed by atoms with Gasteiger partial charge in [0.25, 0.3) is 0 Å². The highest BCUT2D eigenvalue weighted by Gasteiger charge is 2.19. The van der Waals surface area contributed by atoms with Gasteiger partial charge in [0, 0.05) is 19.6 Å². The molecule has 1 aliphatic heterocycles. The zero-order valence-electron chi connectivity index (χ0n) is 13.6. The molecule has 1 fully saturated rings. The SMILES string of the molecule is CCN(CC(=O)Nc1c(C)nn(C)c1C)CC1CCCN1. The normalized spacial score (nSPS) is 18.4. The molecule has 1 aliphatic rings. The highest BCUT2D eigenvalue weighted by Crippen LogP contribution is 2.18. The topological polar surface area (TPSA) is 62.2 Å². The fraction of sp³-hybridized carbons (Fsp3) is 0.733. The highest BCUT2D eigenvalue weighted by molar-refractivity contribution is 5.93. The van der Waals surface area contributed by atoms with Gasteiger partial charge in [-0.2, -0.15) is 5.10 Å². The summed E-state index contributed by atoms with van der Waals surface area (Å²) >= 11 is 0. The minimum Gasteiger partial charge on any atom is -0.322 e. The number of carbonyl (C=O) groups excluding carboxylic acids is 1. The Kier molecular flexibility index (Phi) is 5.36. The maximum absolute atomic E-state index is 12.3. The summed E-state index contributed by atoms with van der Waals surface area (Å²) in [6.07, 6.45) is 2.45. The van der Waals surface area contributed by atoms with Crippen molar-refractivity contribution < 1.29 is 4.79 Å². The van der Waals surface area contributed by atoms with Gasteiger partial charge in [0.15, 0.2) is 0 Å². The lowest BCUT2D eigenvalue weighted by molar-refractivity contribution is -0.117. The molecule has 0 saturated carbocycles. The summed E-state index contributed by atoms with van der Waals surface area (Å²) in [6.45, 7) is 9.34. The lowest BCUT2D eigenvalue weighted by Crippen LogP contribution is -2.41. The fourth-order valence-electron chi connectivity index (χ4n) is 2.87. The van der Waals surface area contributed by atoms with Gasteiger partial charge in [-0.05, 0) is 39.8 Å². The number of hydrogen-bond acceptors (Lipinski definition) is 4. The van der Waals surface area contributed by atoms with E-state index < -0.39 is 0 Å². The number of likely N-dealkylation sites (N-methyl/N-ethyl adjacent to an activating group) is 1. The molecular weight excluding hydrogens is 266 g/mol. The molecule has 2 N–H and O–H groups in total. The van der Waals surface area contributed by atoms with Gasteiger partial charge in [0.1, 0.15) is 0 Å². The third kappa shape index (κ3) is 4.04. The average Bonchev–Trinajstić information content (AvgIpc) is 3.02. The Bertz CT molecular complexity index is 490. The molecule has 6 heteroatoms. The second kappa shape index (κ2) is 7.04. The molecule has 2 heterocycles. The molecule has 0 spiro atoms. The third-order valence-electron chi connectivity index (χ3n) is 4.23. The van der Waals surface area contributed by atoms with Crippen molar-refractivity contribution in [3.63, 3.8) is 0 Å². The highest BCUT2D eigenvalue weighted by atomic mass is 16.2. The number of nitrogens with zero attached hydrogens (tertiary/aromatic N) is 3. The monoisotopic (exact) mass is 293 g/mol.